The molecule has 0 spiro atoms. The van der Waals surface area contributed by atoms with E-state index >= 15 is 0 Å². The predicted molar refractivity (Wildman–Crippen MR) is 73.3 cm³/mol. The molecule has 2 aromatic rings. The van der Waals surface area contributed by atoms with Crippen LogP contribution in [0.25, 0.3) is 0 Å². The lowest BCUT2D eigenvalue weighted by Crippen LogP contribution is -2.11. The van der Waals surface area contributed by atoms with Gasteiger partial charge in [0.25, 0.3) is 0 Å². The lowest BCUT2D eigenvalue weighted by molar-refractivity contribution is 0.556. The van der Waals surface area contributed by atoms with Crippen LogP contribution >= 0.6 is 15.9 Å². The lowest BCUT2D eigenvalue weighted by Gasteiger charge is -2.06. The summed E-state index contributed by atoms with van der Waals surface area (Å²) in [7, 11) is 0. The maximum absolute atomic E-state index is 5.71. The summed E-state index contributed by atoms with van der Waals surface area (Å²) in [6.07, 6.45) is 0.902. The van der Waals surface area contributed by atoms with Gasteiger partial charge in [0.1, 0.15) is 0 Å². The predicted octanol–water partition coefficient (Wildman–Crippen LogP) is 1.76. The molecule has 0 atom stereocenters. The van der Waals surface area contributed by atoms with Crippen molar-refractivity contribution in [2.45, 2.75) is 40.3 Å². The molecule has 2 heterocycles. The number of halogens is 1. The van der Waals surface area contributed by atoms with Gasteiger partial charge in [-0.05, 0) is 36.2 Å². The highest BCUT2D eigenvalue weighted by atomic mass is 79.9. The van der Waals surface area contributed by atoms with Gasteiger partial charge in [0, 0.05) is 6.54 Å². The Kier molecular flexibility index (Phi) is 3.70. The molecule has 0 aliphatic heterocycles. The van der Waals surface area contributed by atoms with E-state index in [1.165, 1.54) is 0 Å². The van der Waals surface area contributed by atoms with E-state index in [-0.39, 0.29) is 0 Å². The molecule has 2 aromatic heterocycles. The number of hydrogen-bond donors (Lipinski definition) is 1. The minimum Gasteiger partial charge on any atom is -0.381 e. The second kappa shape index (κ2) is 5.09. The largest absolute Gasteiger partial charge is 0.381 e. The summed E-state index contributed by atoms with van der Waals surface area (Å²) in [4.78, 5) is 0. The molecule has 0 saturated carbocycles. The Labute approximate surface area is 114 Å². The van der Waals surface area contributed by atoms with Crippen LogP contribution in [-0.2, 0) is 19.5 Å². The first-order valence-electron chi connectivity index (χ1n) is 5.98. The molecule has 7 heteroatoms. The number of anilines is 1. The van der Waals surface area contributed by atoms with Crippen molar-refractivity contribution in [2.24, 2.45) is 0 Å². The van der Waals surface area contributed by atoms with Crippen LogP contribution in [-0.4, -0.2) is 24.8 Å². The molecule has 0 aliphatic carbocycles. The number of hydrogen-bond acceptors (Lipinski definition) is 4. The van der Waals surface area contributed by atoms with Crippen molar-refractivity contribution in [3.05, 3.63) is 21.6 Å². The summed E-state index contributed by atoms with van der Waals surface area (Å²) in [5, 5.41) is 12.5. The van der Waals surface area contributed by atoms with Gasteiger partial charge in [-0.1, -0.05) is 12.1 Å². The van der Waals surface area contributed by atoms with Crippen LogP contribution in [0.1, 0.15) is 30.9 Å². The smallest absolute Gasteiger partial charge is 0.168 e. The van der Waals surface area contributed by atoms with E-state index in [1.54, 1.807) is 4.68 Å². The van der Waals surface area contributed by atoms with E-state index in [0.717, 1.165) is 34.5 Å². The van der Waals surface area contributed by atoms with Crippen LogP contribution in [0.2, 0.25) is 0 Å². The minimum atomic E-state index is 0.476. The van der Waals surface area contributed by atoms with Crippen LogP contribution in [0.3, 0.4) is 0 Å². The van der Waals surface area contributed by atoms with Crippen LogP contribution < -0.4 is 5.73 Å². The third kappa shape index (κ3) is 2.14. The quantitative estimate of drug-likeness (QED) is 0.933. The van der Waals surface area contributed by atoms with Crippen LogP contribution in [0.5, 0.6) is 0 Å². The molecule has 98 valence electrons. The highest BCUT2D eigenvalue weighted by Crippen LogP contribution is 2.23. The first-order chi connectivity index (χ1) is 8.58. The monoisotopic (exact) mass is 312 g/mol. The molecule has 0 aromatic carbocycles. The highest BCUT2D eigenvalue weighted by Gasteiger charge is 2.16. The van der Waals surface area contributed by atoms with Crippen molar-refractivity contribution in [2.75, 3.05) is 5.73 Å². The molecule has 0 radical (unpaired) electrons. The summed E-state index contributed by atoms with van der Waals surface area (Å²) < 4.78 is 4.84. The zero-order chi connectivity index (χ0) is 13.3. The SMILES string of the molecule is CCc1nn(CC)c(Cn2nnc(N)c2C)c1Br. The van der Waals surface area contributed by atoms with Gasteiger partial charge in [0.2, 0.25) is 0 Å². The van der Waals surface area contributed by atoms with Crippen molar-refractivity contribution in [3.8, 4) is 0 Å². The van der Waals surface area contributed by atoms with Gasteiger partial charge in [0.15, 0.2) is 5.82 Å². The summed E-state index contributed by atoms with van der Waals surface area (Å²) >= 11 is 3.62. The van der Waals surface area contributed by atoms with Crippen LogP contribution in [0.15, 0.2) is 4.47 Å². The van der Waals surface area contributed by atoms with Gasteiger partial charge < -0.3 is 5.73 Å². The van der Waals surface area contributed by atoms with E-state index in [9.17, 15) is 0 Å². The molecule has 0 amide bonds. The van der Waals surface area contributed by atoms with E-state index in [4.69, 9.17) is 5.73 Å². The fraction of sp³-hybridized carbons (Fsp3) is 0.545. The second-order valence-corrected chi connectivity index (χ2v) is 4.89. The standard InChI is InChI=1S/C11H17BrN6/c1-4-8-10(12)9(17(5-2)15-8)6-18-7(3)11(13)14-16-18/h4-6,13H2,1-3H3. The first-order valence-corrected chi connectivity index (χ1v) is 6.77. The van der Waals surface area contributed by atoms with Gasteiger partial charge in [-0.3, -0.25) is 4.68 Å². The van der Waals surface area contributed by atoms with E-state index in [1.807, 2.05) is 11.6 Å². The normalized spacial score (nSPS) is 11.1. The van der Waals surface area contributed by atoms with E-state index in [2.05, 4.69) is 45.2 Å². The summed E-state index contributed by atoms with van der Waals surface area (Å²) in [5.74, 6) is 0.476. The number of nitrogens with zero attached hydrogens (tertiary/aromatic N) is 5. The molecule has 2 rings (SSSR count). The van der Waals surface area contributed by atoms with Gasteiger partial charge in [0.05, 0.1) is 28.1 Å². The Morgan fingerprint density at radius 3 is 2.50 bits per heavy atom. The Bertz CT molecular complexity index is 556. The van der Waals surface area contributed by atoms with Crippen molar-refractivity contribution in [1.82, 2.24) is 24.8 Å². The maximum atomic E-state index is 5.71. The van der Waals surface area contributed by atoms with Crippen LogP contribution in [0, 0.1) is 6.92 Å². The van der Waals surface area contributed by atoms with Gasteiger partial charge in [-0.2, -0.15) is 5.10 Å². The van der Waals surface area contributed by atoms with Gasteiger partial charge in [-0.15, -0.1) is 5.10 Å². The van der Waals surface area contributed by atoms with E-state index in [0.29, 0.717) is 12.4 Å². The number of aromatic nitrogens is 5. The number of aryl methyl sites for hydroxylation is 2. The molecular weight excluding hydrogens is 296 g/mol. The molecule has 0 aliphatic rings. The average Bonchev–Trinajstić information content (AvgIpc) is 2.85. The topological polar surface area (TPSA) is 74.5 Å². The minimum absolute atomic E-state index is 0.476. The highest BCUT2D eigenvalue weighted by molar-refractivity contribution is 9.10. The Morgan fingerprint density at radius 1 is 1.28 bits per heavy atom. The lowest BCUT2D eigenvalue weighted by atomic mass is 10.3. The summed E-state index contributed by atoms with van der Waals surface area (Å²) in [6, 6.07) is 0. The molecule has 0 unspecified atom stereocenters. The second-order valence-electron chi connectivity index (χ2n) is 4.09. The third-order valence-electron chi connectivity index (χ3n) is 3.01. The Balaban J connectivity index is 2.39. The number of rotatable bonds is 4. The van der Waals surface area contributed by atoms with Crippen molar-refractivity contribution in [1.29, 1.82) is 0 Å². The third-order valence-corrected chi connectivity index (χ3v) is 3.93. The molecule has 0 fully saturated rings. The molecule has 0 bridgehead atoms. The van der Waals surface area contributed by atoms with Crippen molar-refractivity contribution < 1.29 is 0 Å². The van der Waals surface area contributed by atoms with Crippen LogP contribution in [0.4, 0.5) is 5.82 Å². The zero-order valence-corrected chi connectivity index (χ0v) is 12.4. The summed E-state index contributed by atoms with van der Waals surface area (Å²) in [5.41, 5.74) is 8.75. The molecular formula is C11H17BrN6. The van der Waals surface area contributed by atoms with Gasteiger partial charge >= 0.3 is 0 Å². The average molecular weight is 313 g/mol. The molecule has 6 nitrogen and oxygen atoms in total. The van der Waals surface area contributed by atoms with E-state index < -0.39 is 0 Å². The Hall–Kier alpha value is -1.37. The fourth-order valence-corrected chi connectivity index (χ4v) is 2.52. The van der Waals surface area contributed by atoms with Crippen molar-refractivity contribution in [3.63, 3.8) is 0 Å². The number of nitrogen functional groups attached to an aromatic ring is 1. The Morgan fingerprint density at radius 2 is 2.00 bits per heavy atom. The molecule has 18 heavy (non-hydrogen) atoms. The summed E-state index contributed by atoms with van der Waals surface area (Å²) in [6.45, 7) is 7.53. The van der Waals surface area contributed by atoms with Crippen molar-refractivity contribution >= 4 is 21.7 Å². The fourth-order valence-electron chi connectivity index (χ4n) is 1.83. The number of nitrogens with two attached hydrogens (primary N) is 1. The van der Waals surface area contributed by atoms with Gasteiger partial charge in [-0.25, -0.2) is 4.68 Å². The molecule has 2 N–H and O–H groups in total. The maximum Gasteiger partial charge on any atom is 0.168 e. The first kappa shape index (κ1) is 13.1. The molecule has 0 saturated heterocycles. The zero-order valence-electron chi connectivity index (χ0n) is 10.8.